The molecule has 0 bridgehead atoms. The number of nitrogens with zero attached hydrogens (tertiary/aromatic N) is 3. The van der Waals surface area contributed by atoms with Crippen molar-refractivity contribution in [2.75, 3.05) is 47.6 Å². The van der Waals surface area contributed by atoms with E-state index in [0.717, 1.165) is 32.1 Å². The van der Waals surface area contributed by atoms with Gasteiger partial charge in [-0.05, 0) is 68.2 Å². The Morgan fingerprint density at radius 2 is 1.57 bits per heavy atom. The molecule has 0 atom stereocenters. The fourth-order valence-electron chi connectivity index (χ4n) is 5.55. The third-order valence-electron chi connectivity index (χ3n) is 7.63. The minimum atomic E-state index is -4.50. The SMILES string of the molecule is COc1cc(-c2nc3ccc(OCCCN4CCCCC4)cc3n2Cc2ccccc2C(F)(F)F)cc(OC)c1OC. The Balaban J connectivity index is 1.54. The number of fused-ring (bicyclic) bond motifs is 1. The molecule has 2 heterocycles. The summed E-state index contributed by atoms with van der Waals surface area (Å²) in [4.78, 5) is 7.31. The molecule has 4 aromatic rings. The number of ether oxygens (including phenoxy) is 4. The number of benzene rings is 3. The zero-order valence-electron chi connectivity index (χ0n) is 24.2. The molecule has 7 nitrogen and oxygen atoms in total. The zero-order chi connectivity index (χ0) is 29.7. The Hall–Kier alpha value is -3.92. The lowest BCUT2D eigenvalue weighted by Gasteiger charge is -2.26. The number of imidazole rings is 1. The van der Waals surface area contributed by atoms with Crippen molar-refractivity contribution in [2.24, 2.45) is 0 Å². The van der Waals surface area contributed by atoms with E-state index in [4.69, 9.17) is 23.9 Å². The van der Waals surface area contributed by atoms with Crippen LogP contribution >= 0.6 is 0 Å². The van der Waals surface area contributed by atoms with Crippen LogP contribution < -0.4 is 18.9 Å². The molecule has 0 unspecified atom stereocenters. The summed E-state index contributed by atoms with van der Waals surface area (Å²) in [5.74, 6) is 2.35. The molecule has 0 amide bonds. The van der Waals surface area contributed by atoms with Gasteiger partial charge >= 0.3 is 6.18 Å². The third kappa shape index (κ3) is 6.43. The molecule has 10 heteroatoms. The van der Waals surface area contributed by atoms with Crippen molar-refractivity contribution >= 4 is 11.0 Å². The molecule has 1 aromatic heterocycles. The van der Waals surface area contributed by atoms with Gasteiger partial charge in [0.15, 0.2) is 11.5 Å². The van der Waals surface area contributed by atoms with Gasteiger partial charge in [0.1, 0.15) is 11.6 Å². The number of aromatic nitrogens is 2. The predicted octanol–water partition coefficient (Wildman–Crippen LogP) is 7.05. The second-order valence-corrected chi connectivity index (χ2v) is 10.3. The van der Waals surface area contributed by atoms with E-state index >= 15 is 0 Å². The van der Waals surface area contributed by atoms with Crippen molar-refractivity contribution < 1.29 is 32.1 Å². The van der Waals surface area contributed by atoms with Crippen molar-refractivity contribution in [2.45, 2.75) is 38.4 Å². The first-order valence-electron chi connectivity index (χ1n) is 14.1. The molecule has 1 fully saturated rings. The highest BCUT2D eigenvalue weighted by Crippen LogP contribution is 2.42. The molecule has 224 valence electrons. The molecular weight excluding hydrogens is 547 g/mol. The van der Waals surface area contributed by atoms with Crippen LogP contribution in [0.1, 0.15) is 36.8 Å². The van der Waals surface area contributed by atoms with Crippen LogP contribution in [-0.2, 0) is 12.7 Å². The molecule has 42 heavy (non-hydrogen) atoms. The van der Waals surface area contributed by atoms with Crippen molar-refractivity contribution in [1.29, 1.82) is 0 Å². The number of piperidine rings is 1. The monoisotopic (exact) mass is 583 g/mol. The minimum Gasteiger partial charge on any atom is -0.493 e. The first kappa shape index (κ1) is 29.6. The van der Waals surface area contributed by atoms with Gasteiger partial charge in [-0.3, -0.25) is 0 Å². The van der Waals surface area contributed by atoms with Crippen LogP contribution in [-0.4, -0.2) is 62.0 Å². The Bertz CT molecular complexity index is 1490. The molecule has 1 saturated heterocycles. The third-order valence-corrected chi connectivity index (χ3v) is 7.63. The standard InChI is InChI=1S/C32H36F3N3O4/c1-39-28-18-23(19-29(40-2)30(28)41-3)31-36-26-13-12-24(42-17-9-16-37-14-7-4-8-15-37)20-27(26)38(31)21-22-10-5-6-11-25(22)32(33,34)35/h5-6,10-13,18-20H,4,7-9,14-17,21H2,1-3H3. The summed E-state index contributed by atoms with van der Waals surface area (Å²) in [6.07, 6.45) is 0.183. The van der Waals surface area contributed by atoms with Crippen LogP contribution in [0.2, 0.25) is 0 Å². The molecule has 1 aliphatic heterocycles. The summed E-state index contributed by atoms with van der Waals surface area (Å²) in [5.41, 5.74) is 1.33. The van der Waals surface area contributed by atoms with Crippen molar-refractivity contribution in [3.05, 3.63) is 65.7 Å². The van der Waals surface area contributed by atoms with Gasteiger partial charge in [-0.1, -0.05) is 24.6 Å². The van der Waals surface area contributed by atoms with Crippen LogP contribution in [0, 0.1) is 0 Å². The minimum absolute atomic E-state index is 0.0589. The van der Waals surface area contributed by atoms with Crippen LogP contribution in [0.3, 0.4) is 0 Å². The van der Waals surface area contributed by atoms with Crippen LogP contribution in [0.15, 0.2) is 54.6 Å². The fourth-order valence-corrected chi connectivity index (χ4v) is 5.55. The summed E-state index contributed by atoms with van der Waals surface area (Å²) >= 11 is 0. The smallest absolute Gasteiger partial charge is 0.416 e. The van der Waals surface area contributed by atoms with Gasteiger partial charge in [0.05, 0.1) is 51.1 Å². The summed E-state index contributed by atoms with van der Waals surface area (Å²) in [7, 11) is 4.54. The van der Waals surface area contributed by atoms with Gasteiger partial charge in [-0.25, -0.2) is 4.98 Å². The summed E-state index contributed by atoms with van der Waals surface area (Å²) in [6, 6.07) is 14.6. The topological polar surface area (TPSA) is 58.0 Å². The zero-order valence-corrected chi connectivity index (χ0v) is 24.2. The lowest BCUT2D eigenvalue weighted by molar-refractivity contribution is -0.138. The van der Waals surface area contributed by atoms with Crippen LogP contribution in [0.5, 0.6) is 23.0 Å². The molecule has 0 N–H and O–H groups in total. The highest BCUT2D eigenvalue weighted by molar-refractivity contribution is 5.83. The molecule has 0 saturated carbocycles. The quantitative estimate of drug-likeness (QED) is 0.176. The van der Waals surface area contributed by atoms with E-state index in [9.17, 15) is 13.2 Å². The van der Waals surface area contributed by atoms with E-state index in [1.54, 1.807) is 22.8 Å². The van der Waals surface area contributed by atoms with Crippen LogP contribution in [0.25, 0.3) is 22.4 Å². The van der Waals surface area contributed by atoms with Crippen molar-refractivity contribution in [3.8, 4) is 34.4 Å². The molecule has 1 aliphatic rings. The van der Waals surface area contributed by atoms with Gasteiger partial charge < -0.3 is 28.4 Å². The number of alkyl halides is 3. The summed E-state index contributed by atoms with van der Waals surface area (Å²) < 4.78 is 66.3. The van der Waals surface area contributed by atoms with Crippen LogP contribution in [0.4, 0.5) is 13.2 Å². The Morgan fingerprint density at radius 3 is 2.24 bits per heavy atom. The van der Waals surface area contributed by atoms with Gasteiger partial charge in [0, 0.05) is 18.2 Å². The van der Waals surface area contributed by atoms with Gasteiger partial charge in [0.2, 0.25) is 5.75 Å². The molecular formula is C32H36F3N3O4. The normalized spacial score (nSPS) is 14.2. The van der Waals surface area contributed by atoms with Crippen molar-refractivity contribution in [3.63, 3.8) is 0 Å². The van der Waals surface area contributed by atoms with E-state index in [2.05, 4.69) is 4.90 Å². The number of hydrogen-bond acceptors (Lipinski definition) is 6. The Morgan fingerprint density at radius 1 is 0.857 bits per heavy atom. The van der Waals surface area contributed by atoms with Crippen molar-refractivity contribution in [1.82, 2.24) is 14.5 Å². The van der Waals surface area contributed by atoms with Gasteiger partial charge in [-0.15, -0.1) is 0 Å². The van der Waals surface area contributed by atoms with E-state index in [-0.39, 0.29) is 12.1 Å². The Kier molecular flexibility index (Phi) is 9.11. The van der Waals surface area contributed by atoms with E-state index < -0.39 is 11.7 Å². The molecule has 0 spiro atoms. The molecule has 0 radical (unpaired) electrons. The van der Waals surface area contributed by atoms with E-state index in [1.165, 1.54) is 52.7 Å². The summed E-state index contributed by atoms with van der Waals surface area (Å²) in [5, 5.41) is 0. The summed E-state index contributed by atoms with van der Waals surface area (Å²) in [6.45, 7) is 3.74. The molecule has 5 rings (SSSR count). The maximum absolute atomic E-state index is 14.0. The number of hydrogen-bond donors (Lipinski definition) is 0. The average molecular weight is 584 g/mol. The Labute approximate surface area is 243 Å². The predicted molar refractivity (Wildman–Crippen MR) is 156 cm³/mol. The fraction of sp³-hybridized carbons (Fsp3) is 0.406. The first-order chi connectivity index (χ1) is 20.3. The number of methoxy groups -OCH3 is 3. The highest BCUT2D eigenvalue weighted by Gasteiger charge is 2.33. The number of rotatable bonds is 11. The van der Waals surface area contributed by atoms with E-state index in [0.29, 0.717) is 52.0 Å². The largest absolute Gasteiger partial charge is 0.493 e. The molecule has 3 aromatic carbocycles. The lowest BCUT2D eigenvalue weighted by atomic mass is 10.1. The number of likely N-dealkylation sites (tertiary alicyclic amines) is 1. The molecule has 0 aliphatic carbocycles. The average Bonchev–Trinajstić information content (AvgIpc) is 3.36. The van der Waals surface area contributed by atoms with Gasteiger partial charge in [-0.2, -0.15) is 13.2 Å². The lowest BCUT2D eigenvalue weighted by Crippen LogP contribution is -2.31. The van der Waals surface area contributed by atoms with E-state index in [1.807, 2.05) is 18.2 Å². The second kappa shape index (κ2) is 12.9. The highest BCUT2D eigenvalue weighted by atomic mass is 19.4. The maximum atomic E-state index is 14.0. The maximum Gasteiger partial charge on any atom is 0.416 e. The second-order valence-electron chi connectivity index (χ2n) is 10.3. The van der Waals surface area contributed by atoms with Gasteiger partial charge in [0.25, 0.3) is 0 Å². The number of halogens is 3. The first-order valence-corrected chi connectivity index (χ1v) is 14.1.